The first kappa shape index (κ1) is 16.1. The molecule has 0 saturated carbocycles. The van der Waals surface area contributed by atoms with Crippen LogP contribution in [-0.4, -0.2) is 14.2 Å². The standard InChI is InChI=1S/C16H17BrClNO2/c1-9-6-14(20-2)15(21-3)8-11(9)16(19)12-7-10(18)4-5-13(12)17/h4-8,16H,19H2,1-3H3. The van der Waals surface area contributed by atoms with Crippen molar-refractivity contribution in [1.29, 1.82) is 0 Å². The Hall–Kier alpha value is -1.23. The number of hydrogen-bond acceptors (Lipinski definition) is 3. The Balaban J connectivity index is 2.52. The van der Waals surface area contributed by atoms with Crippen LogP contribution in [0.25, 0.3) is 0 Å². The molecule has 2 aromatic carbocycles. The summed E-state index contributed by atoms with van der Waals surface area (Å²) in [4.78, 5) is 0. The van der Waals surface area contributed by atoms with Gasteiger partial charge in [0.05, 0.1) is 20.3 Å². The Bertz CT molecular complexity index is 661. The number of nitrogens with two attached hydrogens (primary N) is 1. The largest absolute Gasteiger partial charge is 0.493 e. The Labute approximate surface area is 138 Å². The number of rotatable bonds is 4. The van der Waals surface area contributed by atoms with Gasteiger partial charge in [0.1, 0.15) is 0 Å². The predicted molar refractivity (Wildman–Crippen MR) is 89.5 cm³/mol. The van der Waals surface area contributed by atoms with E-state index < -0.39 is 0 Å². The molecule has 21 heavy (non-hydrogen) atoms. The van der Waals surface area contributed by atoms with E-state index in [1.165, 1.54) is 0 Å². The lowest BCUT2D eigenvalue weighted by Gasteiger charge is -2.19. The smallest absolute Gasteiger partial charge is 0.161 e. The SMILES string of the molecule is COc1cc(C)c(C(N)c2cc(Cl)ccc2Br)cc1OC. The molecule has 0 saturated heterocycles. The zero-order chi connectivity index (χ0) is 15.6. The number of halogens is 2. The normalized spacial score (nSPS) is 12.1. The van der Waals surface area contributed by atoms with Gasteiger partial charge >= 0.3 is 0 Å². The van der Waals surface area contributed by atoms with Gasteiger partial charge in [-0.3, -0.25) is 0 Å². The van der Waals surface area contributed by atoms with Crippen LogP contribution in [0.1, 0.15) is 22.7 Å². The van der Waals surface area contributed by atoms with E-state index in [0.29, 0.717) is 16.5 Å². The summed E-state index contributed by atoms with van der Waals surface area (Å²) in [5.74, 6) is 1.35. The van der Waals surface area contributed by atoms with Gasteiger partial charge in [-0.1, -0.05) is 27.5 Å². The van der Waals surface area contributed by atoms with Crippen LogP contribution in [0.4, 0.5) is 0 Å². The van der Waals surface area contributed by atoms with Crippen molar-refractivity contribution in [2.24, 2.45) is 5.73 Å². The maximum absolute atomic E-state index is 6.42. The van der Waals surface area contributed by atoms with Gasteiger partial charge in [0.2, 0.25) is 0 Å². The Kier molecular flexibility index (Phi) is 5.14. The molecule has 2 aromatic rings. The molecule has 0 aromatic heterocycles. The third-order valence-electron chi connectivity index (χ3n) is 3.40. The van der Waals surface area contributed by atoms with Crippen molar-refractivity contribution in [3.8, 4) is 11.5 Å². The van der Waals surface area contributed by atoms with E-state index in [1.807, 2.05) is 37.3 Å². The van der Waals surface area contributed by atoms with Gasteiger partial charge < -0.3 is 15.2 Å². The Morgan fingerprint density at radius 2 is 1.67 bits per heavy atom. The van der Waals surface area contributed by atoms with Crippen LogP contribution in [0, 0.1) is 6.92 Å². The summed E-state index contributed by atoms with van der Waals surface area (Å²) in [5.41, 5.74) is 9.35. The molecule has 0 amide bonds. The molecule has 0 spiro atoms. The minimum Gasteiger partial charge on any atom is -0.493 e. The molecule has 0 bridgehead atoms. The molecule has 2 N–H and O–H groups in total. The molecule has 3 nitrogen and oxygen atoms in total. The van der Waals surface area contributed by atoms with E-state index >= 15 is 0 Å². The molecular weight excluding hydrogens is 354 g/mol. The zero-order valence-electron chi connectivity index (χ0n) is 12.1. The molecular formula is C16H17BrClNO2. The summed E-state index contributed by atoms with van der Waals surface area (Å²) >= 11 is 9.60. The van der Waals surface area contributed by atoms with E-state index in [0.717, 1.165) is 21.2 Å². The minimum absolute atomic E-state index is 0.308. The zero-order valence-corrected chi connectivity index (χ0v) is 14.5. The predicted octanol–water partition coefficient (Wildman–Crippen LogP) is 4.48. The van der Waals surface area contributed by atoms with Crippen LogP contribution >= 0.6 is 27.5 Å². The Morgan fingerprint density at radius 3 is 2.29 bits per heavy atom. The maximum atomic E-state index is 6.42. The third-order valence-corrected chi connectivity index (χ3v) is 4.36. The van der Waals surface area contributed by atoms with Crippen molar-refractivity contribution in [3.63, 3.8) is 0 Å². The van der Waals surface area contributed by atoms with Gasteiger partial charge in [0.15, 0.2) is 11.5 Å². The highest BCUT2D eigenvalue weighted by atomic mass is 79.9. The number of ether oxygens (including phenoxy) is 2. The summed E-state index contributed by atoms with van der Waals surface area (Å²) in [5, 5.41) is 0.654. The first-order chi connectivity index (χ1) is 9.97. The van der Waals surface area contributed by atoms with Crippen LogP contribution < -0.4 is 15.2 Å². The molecule has 2 rings (SSSR count). The summed E-state index contributed by atoms with van der Waals surface area (Å²) in [7, 11) is 3.22. The molecule has 0 aliphatic heterocycles. The topological polar surface area (TPSA) is 44.5 Å². The fourth-order valence-electron chi connectivity index (χ4n) is 2.25. The average Bonchev–Trinajstić information content (AvgIpc) is 2.48. The lowest BCUT2D eigenvalue weighted by Crippen LogP contribution is -2.14. The summed E-state index contributed by atoms with van der Waals surface area (Å²) in [6.07, 6.45) is 0. The highest BCUT2D eigenvalue weighted by Gasteiger charge is 2.18. The van der Waals surface area contributed by atoms with Crippen LogP contribution in [0.15, 0.2) is 34.8 Å². The fraction of sp³-hybridized carbons (Fsp3) is 0.250. The number of hydrogen-bond donors (Lipinski definition) is 1. The van der Waals surface area contributed by atoms with Gasteiger partial charge in [-0.2, -0.15) is 0 Å². The second kappa shape index (κ2) is 6.69. The van der Waals surface area contributed by atoms with Crippen molar-refractivity contribution in [3.05, 3.63) is 56.5 Å². The van der Waals surface area contributed by atoms with Gasteiger partial charge in [-0.05, 0) is 53.9 Å². The lowest BCUT2D eigenvalue weighted by atomic mass is 9.95. The molecule has 0 heterocycles. The molecule has 0 aliphatic rings. The quantitative estimate of drug-likeness (QED) is 0.863. The van der Waals surface area contributed by atoms with Crippen LogP contribution in [0.5, 0.6) is 11.5 Å². The number of methoxy groups -OCH3 is 2. The summed E-state index contributed by atoms with van der Waals surface area (Å²) < 4.78 is 11.6. The van der Waals surface area contributed by atoms with E-state index in [2.05, 4.69) is 15.9 Å². The molecule has 5 heteroatoms. The van der Waals surface area contributed by atoms with E-state index in [4.69, 9.17) is 26.8 Å². The second-order valence-electron chi connectivity index (χ2n) is 4.71. The van der Waals surface area contributed by atoms with Gasteiger partial charge in [0, 0.05) is 9.50 Å². The number of aryl methyl sites for hydroxylation is 1. The van der Waals surface area contributed by atoms with Crippen molar-refractivity contribution in [1.82, 2.24) is 0 Å². The van der Waals surface area contributed by atoms with Crippen LogP contribution in [-0.2, 0) is 0 Å². The van der Waals surface area contributed by atoms with Crippen molar-refractivity contribution in [2.75, 3.05) is 14.2 Å². The van der Waals surface area contributed by atoms with E-state index in [1.54, 1.807) is 14.2 Å². The second-order valence-corrected chi connectivity index (χ2v) is 6.00. The summed E-state index contributed by atoms with van der Waals surface area (Å²) in [6, 6.07) is 9.11. The summed E-state index contributed by atoms with van der Waals surface area (Å²) in [6.45, 7) is 2.00. The fourth-order valence-corrected chi connectivity index (χ4v) is 2.93. The molecule has 112 valence electrons. The third kappa shape index (κ3) is 3.34. The molecule has 0 aliphatic carbocycles. The van der Waals surface area contributed by atoms with Gasteiger partial charge in [-0.25, -0.2) is 0 Å². The first-order valence-electron chi connectivity index (χ1n) is 6.41. The highest BCUT2D eigenvalue weighted by Crippen LogP contribution is 2.36. The molecule has 1 unspecified atom stereocenters. The van der Waals surface area contributed by atoms with E-state index in [9.17, 15) is 0 Å². The van der Waals surface area contributed by atoms with Crippen molar-refractivity contribution >= 4 is 27.5 Å². The number of benzene rings is 2. The molecule has 0 fully saturated rings. The average molecular weight is 371 g/mol. The maximum Gasteiger partial charge on any atom is 0.161 e. The molecule has 0 radical (unpaired) electrons. The van der Waals surface area contributed by atoms with Crippen molar-refractivity contribution in [2.45, 2.75) is 13.0 Å². The monoisotopic (exact) mass is 369 g/mol. The van der Waals surface area contributed by atoms with Gasteiger partial charge in [0.25, 0.3) is 0 Å². The first-order valence-corrected chi connectivity index (χ1v) is 7.58. The highest BCUT2D eigenvalue weighted by molar-refractivity contribution is 9.10. The van der Waals surface area contributed by atoms with Gasteiger partial charge in [-0.15, -0.1) is 0 Å². The minimum atomic E-state index is -0.308. The Morgan fingerprint density at radius 1 is 1.05 bits per heavy atom. The van der Waals surface area contributed by atoms with E-state index in [-0.39, 0.29) is 6.04 Å². The van der Waals surface area contributed by atoms with Crippen LogP contribution in [0.3, 0.4) is 0 Å². The lowest BCUT2D eigenvalue weighted by molar-refractivity contribution is 0.354. The van der Waals surface area contributed by atoms with Crippen LogP contribution in [0.2, 0.25) is 5.02 Å². The van der Waals surface area contributed by atoms with Crippen molar-refractivity contribution < 1.29 is 9.47 Å². The molecule has 1 atom stereocenters.